The van der Waals surface area contributed by atoms with Crippen LogP contribution in [-0.2, 0) is 12.8 Å². The van der Waals surface area contributed by atoms with Crippen LogP contribution in [0.15, 0.2) is 18.2 Å². The molecule has 16 heavy (non-hydrogen) atoms. The molecule has 1 atom stereocenters. The number of rotatable bonds is 3. The van der Waals surface area contributed by atoms with E-state index in [9.17, 15) is 18.3 Å². The first kappa shape index (κ1) is 13.0. The third kappa shape index (κ3) is 2.76. The van der Waals surface area contributed by atoms with Gasteiger partial charge in [0.1, 0.15) is 0 Å². The Bertz CT molecular complexity index is 358. The predicted octanol–water partition coefficient (Wildman–Crippen LogP) is 3.41. The van der Waals surface area contributed by atoms with E-state index in [1.165, 1.54) is 6.07 Å². The summed E-state index contributed by atoms with van der Waals surface area (Å²) in [6, 6.07) is 4.89. The maximum Gasteiger partial charge on any atom is 0.418 e. The van der Waals surface area contributed by atoms with Crippen LogP contribution < -0.4 is 0 Å². The van der Waals surface area contributed by atoms with Crippen LogP contribution >= 0.6 is 0 Å². The Morgan fingerprint density at radius 2 is 1.81 bits per heavy atom. The molecule has 1 N–H and O–H groups in total. The number of hydrogen-bond acceptors (Lipinski definition) is 1. The zero-order valence-electron chi connectivity index (χ0n) is 9.30. The lowest BCUT2D eigenvalue weighted by molar-refractivity contribution is -0.207. The summed E-state index contributed by atoms with van der Waals surface area (Å²) in [7, 11) is 0. The summed E-state index contributed by atoms with van der Waals surface area (Å²) in [5, 5.41) is 9.26. The molecule has 1 aromatic carbocycles. The minimum atomic E-state index is -4.60. The van der Waals surface area contributed by atoms with Crippen LogP contribution in [0.5, 0.6) is 0 Å². The van der Waals surface area contributed by atoms with Crippen molar-refractivity contribution in [1.82, 2.24) is 0 Å². The summed E-state index contributed by atoms with van der Waals surface area (Å²) < 4.78 is 37.3. The highest BCUT2D eigenvalue weighted by Gasteiger charge is 2.40. The number of aryl methyl sites for hydroxylation is 2. The maximum absolute atomic E-state index is 12.4. The molecule has 0 aliphatic rings. The molecule has 0 amide bonds. The lowest BCUT2D eigenvalue weighted by atomic mass is 9.96. The molecule has 0 aliphatic heterocycles. The highest BCUT2D eigenvalue weighted by Crippen LogP contribution is 2.34. The van der Waals surface area contributed by atoms with Gasteiger partial charge in [-0.1, -0.05) is 32.0 Å². The smallest absolute Gasteiger partial charge is 0.379 e. The van der Waals surface area contributed by atoms with E-state index in [1.54, 1.807) is 19.1 Å². The second kappa shape index (κ2) is 4.87. The monoisotopic (exact) mass is 232 g/mol. The summed E-state index contributed by atoms with van der Waals surface area (Å²) >= 11 is 0. The molecular weight excluding hydrogens is 217 g/mol. The second-order valence-electron chi connectivity index (χ2n) is 3.68. The van der Waals surface area contributed by atoms with Gasteiger partial charge in [0.2, 0.25) is 0 Å². The van der Waals surface area contributed by atoms with Crippen LogP contribution in [0.4, 0.5) is 13.2 Å². The highest BCUT2D eigenvalue weighted by atomic mass is 19.4. The molecule has 0 saturated carbocycles. The van der Waals surface area contributed by atoms with Gasteiger partial charge in [-0.05, 0) is 29.5 Å². The minimum absolute atomic E-state index is 0.0191. The fourth-order valence-corrected chi connectivity index (χ4v) is 1.62. The molecule has 4 heteroatoms. The third-order valence-electron chi connectivity index (χ3n) is 2.60. The van der Waals surface area contributed by atoms with E-state index in [2.05, 4.69) is 0 Å². The number of aliphatic hydroxyl groups excluding tert-OH is 1. The van der Waals surface area contributed by atoms with E-state index in [4.69, 9.17) is 0 Å². The maximum atomic E-state index is 12.4. The summed E-state index contributed by atoms with van der Waals surface area (Å²) in [5.74, 6) is 0. The molecule has 1 nitrogen and oxygen atoms in total. The Morgan fingerprint density at radius 1 is 1.19 bits per heavy atom. The molecule has 0 aromatic heterocycles. The Kier molecular flexibility index (Phi) is 3.97. The normalized spacial score (nSPS) is 13.9. The summed E-state index contributed by atoms with van der Waals surface area (Å²) in [6.07, 6.45) is -5.85. The first-order valence-corrected chi connectivity index (χ1v) is 5.26. The molecule has 0 bridgehead atoms. The zero-order valence-corrected chi connectivity index (χ0v) is 9.30. The zero-order chi connectivity index (χ0) is 12.3. The highest BCUT2D eigenvalue weighted by molar-refractivity contribution is 5.34. The molecule has 1 rings (SSSR count). The van der Waals surface area contributed by atoms with E-state index in [0.29, 0.717) is 18.4 Å². The van der Waals surface area contributed by atoms with Gasteiger partial charge in [-0.2, -0.15) is 13.2 Å². The lowest BCUT2D eigenvalue weighted by Crippen LogP contribution is -2.21. The van der Waals surface area contributed by atoms with Gasteiger partial charge < -0.3 is 5.11 Å². The summed E-state index contributed by atoms with van der Waals surface area (Å²) in [4.78, 5) is 0. The molecule has 0 radical (unpaired) electrons. The number of aliphatic hydroxyl groups is 1. The van der Waals surface area contributed by atoms with Crippen molar-refractivity contribution < 1.29 is 18.3 Å². The quantitative estimate of drug-likeness (QED) is 0.846. The Hall–Kier alpha value is -1.03. The lowest BCUT2D eigenvalue weighted by Gasteiger charge is -2.18. The molecule has 0 heterocycles. The third-order valence-corrected chi connectivity index (χ3v) is 2.60. The molecule has 0 fully saturated rings. The van der Waals surface area contributed by atoms with Gasteiger partial charge in [-0.25, -0.2) is 0 Å². The largest absolute Gasteiger partial charge is 0.418 e. The van der Waals surface area contributed by atoms with Crippen LogP contribution in [0.2, 0.25) is 0 Å². The van der Waals surface area contributed by atoms with Gasteiger partial charge in [0.05, 0.1) is 0 Å². The van der Waals surface area contributed by atoms with Crippen molar-refractivity contribution in [2.45, 2.75) is 39.0 Å². The van der Waals surface area contributed by atoms with Crippen LogP contribution in [-0.4, -0.2) is 11.3 Å². The summed E-state index contributed by atoms with van der Waals surface area (Å²) in [5.41, 5.74) is 1.33. The second-order valence-corrected chi connectivity index (χ2v) is 3.68. The van der Waals surface area contributed by atoms with Crippen molar-refractivity contribution in [3.05, 3.63) is 34.9 Å². The van der Waals surface area contributed by atoms with Crippen LogP contribution in [0.1, 0.15) is 36.6 Å². The van der Waals surface area contributed by atoms with Crippen LogP contribution in [0.25, 0.3) is 0 Å². The molecule has 1 unspecified atom stereocenters. The average molecular weight is 232 g/mol. The Labute approximate surface area is 92.9 Å². The van der Waals surface area contributed by atoms with Gasteiger partial charge in [-0.15, -0.1) is 0 Å². The number of alkyl halides is 3. The fourth-order valence-electron chi connectivity index (χ4n) is 1.62. The molecular formula is C12H15F3O. The van der Waals surface area contributed by atoms with Crippen molar-refractivity contribution in [3.63, 3.8) is 0 Å². The molecule has 90 valence electrons. The van der Waals surface area contributed by atoms with Crippen molar-refractivity contribution in [1.29, 1.82) is 0 Å². The van der Waals surface area contributed by atoms with Gasteiger partial charge in [0, 0.05) is 0 Å². The van der Waals surface area contributed by atoms with Gasteiger partial charge in [0.15, 0.2) is 6.10 Å². The summed E-state index contributed by atoms with van der Waals surface area (Å²) in [6.45, 7) is 3.64. The minimum Gasteiger partial charge on any atom is -0.379 e. The first-order chi connectivity index (χ1) is 7.40. The van der Waals surface area contributed by atoms with E-state index in [-0.39, 0.29) is 5.56 Å². The standard InChI is InChI=1S/C12H15F3O/c1-3-8-5-6-9(4-2)10(7-8)11(16)12(13,14)15/h5-7,11,16H,3-4H2,1-2H3. The average Bonchev–Trinajstić information content (AvgIpc) is 2.25. The van der Waals surface area contributed by atoms with Gasteiger partial charge in [-0.3, -0.25) is 0 Å². The van der Waals surface area contributed by atoms with Crippen LogP contribution in [0, 0.1) is 0 Å². The van der Waals surface area contributed by atoms with E-state index >= 15 is 0 Å². The molecule has 1 aromatic rings. The van der Waals surface area contributed by atoms with Gasteiger partial charge >= 0.3 is 6.18 Å². The predicted molar refractivity (Wildman–Crippen MR) is 56.2 cm³/mol. The fraction of sp³-hybridized carbons (Fsp3) is 0.500. The van der Waals surface area contributed by atoms with E-state index < -0.39 is 12.3 Å². The number of halogens is 3. The number of hydrogen-bond donors (Lipinski definition) is 1. The number of benzene rings is 1. The topological polar surface area (TPSA) is 20.2 Å². The van der Waals surface area contributed by atoms with Crippen molar-refractivity contribution in [2.24, 2.45) is 0 Å². The van der Waals surface area contributed by atoms with Crippen molar-refractivity contribution in [3.8, 4) is 0 Å². The van der Waals surface area contributed by atoms with E-state index in [0.717, 1.165) is 5.56 Å². The van der Waals surface area contributed by atoms with Crippen molar-refractivity contribution in [2.75, 3.05) is 0 Å². The molecule has 0 aliphatic carbocycles. The molecule has 0 spiro atoms. The molecule has 0 saturated heterocycles. The Morgan fingerprint density at radius 3 is 2.25 bits per heavy atom. The Balaban J connectivity index is 3.18. The van der Waals surface area contributed by atoms with Crippen molar-refractivity contribution >= 4 is 0 Å². The SMILES string of the molecule is CCc1ccc(CC)c(C(O)C(F)(F)F)c1. The first-order valence-electron chi connectivity index (χ1n) is 5.26. The van der Waals surface area contributed by atoms with Gasteiger partial charge in [0.25, 0.3) is 0 Å². The van der Waals surface area contributed by atoms with Crippen LogP contribution in [0.3, 0.4) is 0 Å². The van der Waals surface area contributed by atoms with E-state index in [1.807, 2.05) is 6.92 Å².